The molecular formula is C15H21FN2O2. The van der Waals surface area contributed by atoms with Crippen LogP contribution in [0.2, 0.25) is 0 Å². The third-order valence-electron chi connectivity index (χ3n) is 3.50. The van der Waals surface area contributed by atoms with Crippen molar-refractivity contribution < 1.29 is 13.9 Å². The molecule has 1 amide bonds. The molecule has 0 aromatic heterocycles. The molecule has 1 aliphatic rings. The summed E-state index contributed by atoms with van der Waals surface area (Å²) in [4.78, 5) is 11.7. The van der Waals surface area contributed by atoms with Crippen molar-refractivity contribution in [2.75, 3.05) is 17.7 Å². The molecule has 0 radical (unpaired) electrons. The molecule has 110 valence electrons. The number of hydrogen-bond donors (Lipinski definition) is 2. The molecule has 0 atom stereocenters. The number of anilines is 2. The fourth-order valence-electron chi connectivity index (χ4n) is 2.40. The third-order valence-corrected chi connectivity index (χ3v) is 3.50. The highest BCUT2D eigenvalue weighted by Crippen LogP contribution is 2.20. The molecule has 5 heteroatoms. The fourth-order valence-corrected chi connectivity index (χ4v) is 2.40. The average Bonchev–Trinajstić information content (AvgIpc) is 2.44. The lowest BCUT2D eigenvalue weighted by Gasteiger charge is -2.21. The molecule has 0 aliphatic heterocycles. The highest BCUT2D eigenvalue weighted by atomic mass is 19.1. The van der Waals surface area contributed by atoms with Gasteiger partial charge in [-0.2, -0.15) is 0 Å². The summed E-state index contributed by atoms with van der Waals surface area (Å²) < 4.78 is 19.1. The first-order valence-corrected chi connectivity index (χ1v) is 7.11. The van der Waals surface area contributed by atoms with Crippen molar-refractivity contribution in [3.8, 4) is 0 Å². The lowest BCUT2D eigenvalue weighted by Crippen LogP contribution is -2.20. The molecule has 1 aromatic rings. The van der Waals surface area contributed by atoms with E-state index in [-0.39, 0.29) is 24.1 Å². The van der Waals surface area contributed by atoms with Gasteiger partial charge in [0, 0.05) is 5.69 Å². The first kappa shape index (κ1) is 14.8. The van der Waals surface area contributed by atoms with Crippen molar-refractivity contribution in [2.45, 2.75) is 44.6 Å². The maximum Gasteiger partial charge on any atom is 0.226 e. The van der Waals surface area contributed by atoms with E-state index in [9.17, 15) is 9.18 Å². The quantitative estimate of drug-likeness (QED) is 0.815. The summed E-state index contributed by atoms with van der Waals surface area (Å²) >= 11 is 0. The van der Waals surface area contributed by atoms with Gasteiger partial charge in [0.25, 0.3) is 0 Å². The van der Waals surface area contributed by atoms with E-state index >= 15 is 0 Å². The molecular weight excluding hydrogens is 259 g/mol. The number of carbonyl (C=O) groups is 1. The van der Waals surface area contributed by atoms with Crippen molar-refractivity contribution in [2.24, 2.45) is 0 Å². The zero-order valence-electron chi connectivity index (χ0n) is 11.5. The van der Waals surface area contributed by atoms with Crippen LogP contribution in [0.3, 0.4) is 0 Å². The van der Waals surface area contributed by atoms with Crippen LogP contribution in [-0.4, -0.2) is 18.6 Å². The molecule has 1 fully saturated rings. The van der Waals surface area contributed by atoms with Crippen LogP contribution in [0, 0.1) is 5.82 Å². The van der Waals surface area contributed by atoms with Gasteiger partial charge in [-0.05, 0) is 31.0 Å². The number of benzene rings is 1. The van der Waals surface area contributed by atoms with E-state index in [1.807, 2.05) is 0 Å². The largest absolute Gasteiger partial charge is 0.399 e. The van der Waals surface area contributed by atoms with E-state index in [4.69, 9.17) is 10.5 Å². The van der Waals surface area contributed by atoms with Crippen LogP contribution >= 0.6 is 0 Å². The molecule has 1 aliphatic carbocycles. The second-order valence-electron chi connectivity index (χ2n) is 5.17. The number of nitrogen functional groups attached to an aromatic ring is 1. The second kappa shape index (κ2) is 7.24. The highest BCUT2D eigenvalue weighted by Gasteiger charge is 2.14. The van der Waals surface area contributed by atoms with Crippen LogP contribution in [0.15, 0.2) is 18.2 Å². The van der Waals surface area contributed by atoms with Gasteiger partial charge in [0.2, 0.25) is 5.91 Å². The average molecular weight is 280 g/mol. The maximum absolute atomic E-state index is 13.4. The summed E-state index contributed by atoms with van der Waals surface area (Å²) in [5.74, 6) is -0.744. The highest BCUT2D eigenvalue weighted by molar-refractivity contribution is 5.91. The Morgan fingerprint density at radius 2 is 2.10 bits per heavy atom. The van der Waals surface area contributed by atoms with Crippen molar-refractivity contribution in [1.82, 2.24) is 0 Å². The molecule has 0 unspecified atom stereocenters. The van der Waals surface area contributed by atoms with Crippen molar-refractivity contribution >= 4 is 17.3 Å². The van der Waals surface area contributed by atoms with Gasteiger partial charge in [-0.25, -0.2) is 4.39 Å². The Hall–Kier alpha value is -1.62. The zero-order chi connectivity index (χ0) is 14.4. The number of nitrogens with one attached hydrogen (secondary N) is 1. The van der Waals surface area contributed by atoms with Gasteiger partial charge in [-0.3, -0.25) is 4.79 Å². The maximum atomic E-state index is 13.4. The number of halogens is 1. The summed E-state index contributed by atoms with van der Waals surface area (Å²) in [5.41, 5.74) is 6.09. The van der Waals surface area contributed by atoms with Gasteiger partial charge >= 0.3 is 0 Å². The van der Waals surface area contributed by atoms with Gasteiger partial charge in [-0.1, -0.05) is 19.3 Å². The summed E-state index contributed by atoms with van der Waals surface area (Å²) in [5, 5.41) is 2.51. The van der Waals surface area contributed by atoms with E-state index in [0.717, 1.165) is 12.8 Å². The third kappa shape index (κ3) is 4.49. The van der Waals surface area contributed by atoms with Gasteiger partial charge in [0.1, 0.15) is 5.82 Å². The number of ether oxygens (including phenoxy) is 1. The van der Waals surface area contributed by atoms with E-state index in [1.165, 1.54) is 37.5 Å². The normalized spacial score (nSPS) is 16.1. The summed E-state index contributed by atoms with van der Waals surface area (Å²) in [6.45, 7) is 0.375. The van der Waals surface area contributed by atoms with E-state index < -0.39 is 5.82 Å². The molecule has 2 rings (SSSR count). The van der Waals surface area contributed by atoms with Gasteiger partial charge < -0.3 is 15.8 Å². The van der Waals surface area contributed by atoms with Crippen LogP contribution in [0.25, 0.3) is 0 Å². The Kier molecular flexibility index (Phi) is 5.35. The predicted molar refractivity (Wildman–Crippen MR) is 76.9 cm³/mol. The van der Waals surface area contributed by atoms with Crippen molar-refractivity contribution in [3.63, 3.8) is 0 Å². The van der Waals surface area contributed by atoms with Crippen LogP contribution in [-0.2, 0) is 9.53 Å². The first-order chi connectivity index (χ1) is 9.65. The van der Waals surface area contributed by atoms with Gasteiger partial charge in [0.05, 0.1) is 24.8 Å². The zero-order valence-corrected chi connectivity index (χ0v) is 11.5. The molecule has 1 saturated carbocycles. The van der Waals surface area contributed by atoms with Crippen LogP contribution in [0.4, 0.5) is 15.8 Å². The SMILES string of the molecule is Nc1ccc(F)c(NC(=O)CCOC2CCCCC2)c1. The lowest BCUT2D eigenvalue weighted by molar-refractivity contribution is -0.117. The number of nitrogens with two attached hydrogens (primary N) is 1. The molecule has 4 nitrogen and oxygen atoms in total. The van der Waals surface area contributed by atoms with Crippen molar-refractivity contribution in [3.05, 3.63) is 24.0 Å². The molecule has 0 saturated heterocycles. The standard InChI is InChI=1S/C15H21FN2O2/c16-13-7-6-11(17)10-14(13)18-15(19)8-9-20-12-4-2-1-3-5-12/h6-7,10,12H,1-5,8-9,17H2,(H,18,19). The Morgan fingerprint density at radius 3 is 2.85 bits per heavy atom. The second-order valence-corrected chi connectivity index (χ2v) is 5.17. The number of carbonyl (C=O) groups excluding carboxylic acids is 1. The molecule has 0 bridgehead atoms. The molecule has 20 heavy (non-hydrogen) atoms. The van der Waals surface area contributed by atoms with E-state index in [1.54, 1.807) is 0 Å². The predicted octanol–water partition coefficient (Wildman–Crippen LogP) is 3.09. The number of amides is 1. The van der Waals surface area contributed by atoms with Gasteiger partial charge in [-0.15, -0.1) is 0 Å². The molecule has 0 heterocycles. The Bertz CT molecular complexity index is 459. The van der Waals surface area contributed by atoms with Crippen molar-refractivity contribution in [1.29, 1.82) is 0 Å². The number of hydrogen-bond acceptors (Lipinski definition) is 3. The van der Waals surface area contributed by atoms with E-state index in [0.29, 0.717) is 12.3 Å². The van der Waals surface area contributed by atoms with Crippen LogP contribution < -0.4 is 11.1 Å². The summed E-state index contributed by atoms with van der Waals surface area (Å²) in [6.07, 6.45) is 6.33. The van der Waals surface area contributed by atoms with Crippen LogP contribution in [0.5, 0.6) is 0 Å². The summed E-state index contributed by atoms with van der Waals surface area (Å²) in [7, 11) is 0. The Balaban J connectivity index is 1.73. The Morgan fingerprint density at radius 1 is 1.35 bits per heavy atom. The Labute approximate surface area is 118 Å². The minimum Gasteiger partial charge on any atom is -0.399 e. The fraction of sp³-hybridized carbons (Fsp3) is 0.533. The first-order valence-electron chi connectivity index (χ1n) is 7.11. The lowest BCUT2D eigenvalue weighted by atomic mass is 9.98. The molecule has 0 spiro atoms. The minimum atomic E-state index is -0.485. The monoisotopic (exact) mass is 280 g/mol. The van der Waals surface area contributed by atoms with E-state index in [2.05, 4.69) is 5.32 Å². The van der Waals surface area contributed by atoms with Crippen LogP contribution in [0.1, 0.15) is 38.5 Å². The number of rotatable bonds is 5. The molecule has 1 aromatic carbocycles. The minimum absolute atomic E-state index is 0.118. The smallest absolute Gasteiger partial charge is 0.226 e. The summed E-state index contributed by atoms with van der Waals surface area (Å²) in [6, 6.07) is 4.11. The van der Waals surface area contributed by atoms with Gasteiger partial charge in [0.15, 0.2) is 0 Å². The molecule has 3 N–H and O–H groups in total. The topological polar surface area (TPSA) is 64.3 Å².